The molecule has 8 N–H and O–H groups in total. The van der Waals surface area contributed by atoms with Crippen molar-refractivity contribution in [3.8, 4) is 11.1 Å². The molecule has 1 atom stereocenters. The lowest BCUT2D eigenvalue weighted by molar-refractivity contribution is -0.136. The lowest BCUT2D eigenvalue weighted by Gasteiger charge is -2.27. The van der Waals surface area contributed by atoms with Crippen LogP contribution in [0.3, 0.4) is 0 Å². The fraction of sp³-hybridized carbons (Fsp3) is 0.316. The third kappa shape index (κ3) is 7.82. The number of nitrogens with one attached hydrogen (secondary N) is 4. The quantitative estimate of drug-likeness (QED) is 0.0619. The summed E-state index contributed by atoms with van der Waals surface area (Å²) in [5, 5.41) is 11.8. The van der Waals surface area contributed by atoms with Gasteiger partial charge in [-0.25, -0.2) is 9.37 Å². The Morgan fingerprint density at radius 3 is 2.52 bits per heavy atom. The maximum atomic E-state index is 15.2. The molecule has 2 aliphatic rings. The van der Waals surface area contributed by atoms with Gasteiger partial charge in [-0.15, -0.1) is 0 Å². The molecule has 1 saturated heterocycles. The molecule has 0 saturated carbocycles. The van der Waals surface area contributed by atoms with Crippen LogP contribution < -0.4 is 32.7 Å². The van der Waals surface area contributed by atoms with Gasteiger partial charge in [0.15, 0.2) is 5.82 Å². The molecule has 54 heavy (non-hydrogen) atoms. The van der Waals surface area contributed by atoms with Crippen LogP contribution in [0.1, 0.15) is 77.6 Å². The highest BCUT2D eigenvalue weighted by molar-refractivity contribution is 6.25. The van der Waals surface area contributed by atoms with Crippen LogP contribution in [0.25, 0.3) is 21.9 Å². The number of pyridine rings is 2. The van der Waals surface area contributed by atoms with E-state index in [9.17, 15) is 28.8 Å². The van der Waals surface area contributed by atoms with E-state index >= 15 is 4.39 Å². The molecule has 6 amide bonds. The van der Waals surface area contributed by atoms with Gasteiger partial charge in [-0.1, -0.05) is 18.9 Å². The number of aromatic nitrogens is 2. The van der Waals surface area contributed by atoms with Crippen molar-refractivity contribution in [1.82, 2.24) is 25.5 Å². The lowest BCUT2D eigenvalue weighted by atomic mass is 9.97. The number of hydrogen-bond acceptors (Lipinski definition) is 11. The number of imide groups is 2. The highest BCUT2D eigenvalue weighted by Gasteiger charge is 2.45. The van der Waals surface area contributed by atoms with E-state index in [0.717, 1.165) is 24.2 Å². The van der Waals surface area contributed by atoms with E-state index in [1.165, 1.54) is 18.6 Å². The molecule has 4 aromatic rings. The first-order chi connectivity index (χ1) is 25.9. The zero-order valence-corrected chi connectivity index (χ0v) is 29.6. The molecule has 0 bridgehead atoms. The van der Waals surface area contributed by atoms with Gasteiger partial charge in [0.2, 0.25) is 23.6 Å². The number of anilines is 4. The van der Waals surface area contributed by atoms with Crippen molar-refractivity contribution in [3.05, 3.63) is 71.4 Å². The van der Waals surface area contributed by atoms with Crippen LogP contribution in [0.2, 0.25) is 0 Å². The number of piperidine rings is 1. The number of carbonyl (C=O) groups is 6. The highest BCUT2D eigenvalue weighted by Crippen LogP contribution is 2.36. The van der Waals surface area contributed by atoms with E-state index in [1.807, 2.05) is 0 Å². The topological polar surface area (TPSA) is 232 Å². The van der Waals surface area contributed by atoms with Crippen molar-refractivity contribution < 1.29 is 33.2 Å². The first-order valence-corrected chi connectivity index (χ1v) is 17.7. The van der Waals surface area contributed by atoms with Crippen molar-refractivity contribution in [1.29, 1.82) is 0 Å². The first kappa shape index (κ1) is 37.3. The number of carbonyl (C=O) groups excluding carboxylic acids is 6. The largest absolute Gasteiger partial charge is 0.397 e. The van der Waals surface area contributed by atoms with Gasteiger partial charge in [0, 0.05) is 66.9 Å². The molecule has 0 spiro atoms. The summed E-state index contributed by atoms with van der Waals surface area (Å²) in [6.45, 7) is 2.42. The second-order valence-corrected chi connectivity index (χ2v) is 13.3. The predicted octanol–water partition coefficient (Wildman–Crippen LogP) is 3.82. The average Bonchev–Trinajstić information content (AvgIpc) is 3.39. The van der Waals surface area contributed by atoms with Gasteiger partial charge < -0.3 is 27.4 Å². The van der Waals surface area contributed by atoms with Gasteiger partial charge in [-0.2, -0.15) is 0 Å². The summed E-state index contributed by atoms with van der Waals surface area (Å²) >= 11 is 0. The minimum absolute atomic E-state index is 0.0185. The fourth-order valence-electron chi connectivity index (χ4n) is 6.63. The monoisotopic (exact) mass is 737 g/mol. The van der Waals surface area contributed by atoms with E-state index in [0.29, 0.717) is 52.7 Å². The molecule has 4 heterocycles. The van der Waals surface area contributed by atoms with E-state index in [4.69, 9.17) is 11.5 Å². The predicted molar refractivity (Wildman–Crippen MR) is 199 cm³/mol. The average molecular weight is 738 g/mol. The number of fused-ring (bicyclic) bond motifs is 2. The van der Waals surface area contributed by atoms with Crippen molar-refractivity contribution in [3.63, 3.8) is 0 Å². The number of nitrogen functional groups attached to an aromatic ring is 2. The van der Waals surface area contributed by atoms with E-state index in [-0.39, 0.29) is 65.8 Å². The summed E-state index contributed by atoms with van der Waals surface area (Å²) in [4.78, 5) is 84.4. The fourth-order valence-corrected chi connectivity index (χ4v) is 6.63. The molecule has 1 fully saturated rings. The summed E-state index contributed by atoms with van der Waals surface area (Å²) in [5.74, 6) is -3.12. The van der Waals surface area contributed by atoms with Gasteiger partial charge in [0.1, 0.15) is 11.9 Å². The van der Waals surface area contributed by atoms with Gasteiger partial charge in [-0.05, 0) is 61.4 Å². The Balaban J connectivity index is 0.900. The standard InChI is InChI=1S/C38H40FN9O6/c1-20-24(17-42-19-26(20)40)23-15-21-16-29(45-18-25(21)35(41)34(23)39)46-32(51)12-14-44-30(49)9-4-2-3-5-13-43-27-8-6-7-22-33(27)38(54)48(37(22)53)28-10-11-31(50)47-36(28)52/h6-8,15-19,28,43H,2-5,9-14,40-41H2,1H3,(H,44,49)(H,45,46,51)(H,47,50,52). The molecule has 15 nitrogen and oxygen atoms in total. The minimum atomic E-state index is -1.03. The zero-order valence-electron chi connectivity index (χ0n) is 29.6. The van der Waals surface area contributed by atoms with Crippen LogP contribution in [0, 0.1) is 12.7 Å². The Morgan fingerprint density at radius 2 is 1.72 bits per heavy atom. The number of nitrogens with zero attached hydrogens (tertiary/aromatic N) is 3. The van der Waals surface area contributed by atoms with Crippen molar-refractivity contribution in [2.75, 3.05) is 35.2 Å². The van der Waals surface area contributed by atoms with Crippen LogP contribution in [0.5, 0.6) is 0 Å². The van der Waals surface area contributed by atoms with Crippen molar-refractivity contribution in [2.24, 2.45) is 0 Å². The van der Waals surface area contributed by atoms with Crippen molar-refractivity contribution in [2.45, 2.75) is 64.3 Å². The van der Waals surface area contributed by atoms with E-state index in [1.54, 1.807) is 37.3 Å². The number of benzene rings is 2. The summed E-state index contributed by atoms with van der Waals surface area (Å²) < 4.78 is 15.2. The summed E-state index contributed by atoms with van der Waals surface area (Å²) in [5.41, 5.74) is 14.7. The molecule has 2 aliphatic heterocycles. The SMILES string of the molecule is Cc1c(N)cncc1-c1cc2cc(NC(=O)CCNC(=O)CCCCCCNc3cccc4c3C(=O)N(C3CCC(=O)NC3=O)C4=O)ncc2c(N)c1F. The van der Waals surface area contributed by atoms with E-state index in [2.05, 4.69) is 31.2 Å². The van der Waals surface area contributed by atoms with Gasteiger partial charge in [0.25, 0.3) is 11.8 Å². The Morgan fingerprint density at radius 1 is 0.926 bits per heavy atom. The number of halogens is 1. The number of nitrogens with two attached hydrogens (primary N) is 2. The molecule has 280 valence electrons. The summed E-state index contributed by atoms with van der Waals surface area (Å²) in [7, 11) is 0. The van der Waals surface area contributed by atoms with Crippen LogP contribution in [0.4, 0.5) is 27.3 Å². The lowest BCUT2D eigenvalue weighted by Crippen LogP contribution is -2.54. The summed E-state index contributed by atoms with van der Waals surface area (Å²) in [6, 6.07) is 7.10. The maximum absolute atomic E-state index is 15.2. The second-order valence-electron chi connectivity index (χ2n) is 13.3. The molecule has 0 aliphatic carbocycles. The molecule has 2 aromatic heterocycles. The van der Waals surface area contributed by atoms with E-state index < -0.39 is 35.5 Å². The zero-order chi connectivity index (χ0) is 38.5. The highest BCUT2D eigenvalue weighted by atomic mass is 19.1. The normalized spacial score (nSPS) is 15.3. The Labute approximate surface area is 309 Å². The van der Waals surface area contributed by atoms with Crippen LogP contribution in [-0.2, 0) is 19.2 Å². The second kappa shape index (κ2) is 16.1. The van der Waals surface area contributed by atoms with Crippen LogP contribution in [0.15, 0.2) is 48.9 Å². The molecule has 1 unspecified atom stereocenters. The number of rotatable bonds is 14. The first-order valence-electron chi connectivity index (χ1n) is 17.7. The molecular weight excluding hydrogens is 697 g/mol. The Bertz CT molecular complexity index is 2190. The number of hydrogen-bond donors (Lipinski definition) is 6. The third-order valence-electron chi connectivity index (χ3n) is 9.60. The van der Waals surface area contributed by atoms with Crippen molar-refractivity contribution >= 4 is 69.1 Å². The maximum Gasteiger partial charge on any atom is 0.264 e. The van der Waals surface area contributed by atoms with Crippen LogP contribution >= 0.6 is 0 Å². The van der Waals surface area contributed by atoms with Crippen LogP contribution in [-0.4, -0.2) is 69.4 Å². The number of unbranched alkanes of at least 4 members (excludes halogenated alkanes) is 3. The molecular formula is C38H40FN9O6. The van der Waals surface area contributed by atoms with Gasteiger partial charge >= 0.3 is 0 Å². The molecule has 6 rings (SSSR count). The van der Waals surface area contributed by atoms with Gasteiger partial charge in [-0.3, -0.25) is 44.0 Å². The summed E-state index contributed by atoms with van der Waals surface area (Å²) in [6.07, 6.45) is 7.82. The molecule has 2 aromatic carbocycles. The molecule has 0 radical (unpaired) electrons. The smallest absolute Gasteiger partial charge is 0.264 e. The third-order valence-corrected chi connectivity index (χ3v) is 9.60. The minimum Gasteiger partial charge on any atom is -0.397 e. The Kier molecular flexibility index (Phi) is 11.1. The Hall–Kier alpha value is -6.45. The number of amides is 6. The molecule has 16 heteroatoms. The van der Waals surface area contributed by atoms with Gasteiger partial charge in [0.05, 0.1) is 28.7 Å².